The molecule has 0 fully saturated rings. The molecule has 2 heterocycles. The van der Waals surface area contributed by atoms with Gasteiger partial charge < -0.3 is 18.9 Å². The summed E-state index contributed by atoms with van der Waals surface area (Å²) in [4.78, 5) is 0. The predicted molar refractivity (Wildman–Crippen MR) is 92.1 cm³/mol. The van der Waals surface area contributed by atoms with E-state index in [1.165, 1.54) is 5.56 Å². The first kappa shape index (κ1) is 14.9. The fourth-order valence-electron chi connectivity index (χ4n) is 3.39. The first-order valence-corrected chi connectivity index (χ1v) is 8.12. The lowest BCUT2D eigenvalue weighted by molar-refractivity contribution is 0.173. The molecule has 2 aliphatic heterocycles. The number of hydrogen-bond donors (Lipinski definition) is 0. The number of methoxy groups -OCH3 is 1. The van der Waals surface area contributed by atoms with Crippen LogP contribution in [-0.4, -0.2) is 13.9 Å². The molecule has 0 N–H and O–H groups in total. The molecule has 0 amide bonds. The van der Waals surface area contributed by atoms with Crippen molar-refractivity contribution in [2.24, 2.45) is 0 Å². The highest BCUT2D eigenvalue weighted by Crippen LogP contribution is 2.51. The Labute approximate surface area is 141 Å². The van der Waals surface area contributed by atoms with Gasteiger partial charge in [0.1, 0.15) is 6.10 Å². The summed E-state index contributed by atoms with van der Waals surface area (Å²) in [5, 5.41) is 0. The molecule has 24 heavy (non-hydrogen) atoms. The van der Waals surface area contributed by atoms with Gasteiger partial charge in [-0.1, -0.05) is 25.1 Å². The lowest BCUT2D eigenvalue weighted by Gasteiger charge is -2.16. The van der Waals surface area contributed by atoms with Crippen molar-refractivity contribution in [3.63, 3.8) is 0 Å². The summed E-state index contributed by atoms with van der Waals surface area (Å²) < 4.78 is 22.7. The van der Waals surface area contributed by atoms with E-state index in [4.69, 9.17) is 18.9 Å². The number of ether oxygens (including phenoxy) is 4. The minimum atomic E-state index is -0.0655. The first-order chi connectivity index (χ1) is 11.7. The fraction of sp³-hybridized carbons (Fsp3) is 0.300. The van der Waals surface area contributed by atoms with Crippen LogP contribution < -0.4 is 18.9 Å². The minimum absolute atomic E-state index is 0.0655. The summed E-state index contributed by atoms with van der Waals surface area (Å²) >= 11 is 0. The summed E-state index contributed by atoms with van der Waals surface area (Å²) in [5.41, 5.74) is 3.37. The van der Waals surface area contributed by atoms with Gasteiger partial charge in [0.05, 0.1) is 7.11 Å². The predicted octanol–water partition coefficient (Wildman–Crippen LogP) is 4.69. The monoisotopic (exact) mass is 324 g/mol. The molecular formula is C20H20O4. The molecule has 0 saturated heterocycles. The molecule has 4 heteroatoms. The Hall–Kier alpha value is -2.62. The van der Waals surface area contributed by atoms with Crippen molar-refractivity contribution < 1.29 is 18.9 Å². The van der Waals surface area contributed by atoms with Crippen LogP contribution in [0.4, 0.5) is 0 Å². The maximum atomic E-state index is 6.27. The average Bonchev–Trinajstić information content (AvgIpc) is 3.19. The van der Waals surface area contributed by atoms with Crippen LogP contribution in [0.25, 0.3) is 6.08 Å². The highest BCUT2D eigenvalue weighted by molar-refractivity contribution is 5.62. The molecule has 0 aliphatic carbocycles. The third kappa shape index (κ3) is 2.30. The Morgan fingerprint density at radius 1 is 1.12 bits per heavy atom. The summed E-state index contributed by atoms with van der Waals surface area (Å²) in [6.45, 7) is 4.47. The number of rotatable bonds is 3. The molecule has 2 aromatic carbocycles. The molecule has 4 nitrogen and oxygen atoms in total. The van der Waals surface area contributed by atoms with E-state index in [0.717, 1.165) is 34.1 Å². The van der Waals surface area contributed by atoms with Crippen LogP contribution in [-0.2, 0) is 0 Å². The highest BCUT2D eigenvalue weighted by Gasteiger charge is 2.35. The number of fused-ring (bicyclic) bond motifs is 2. The first-order valence-electron chi connectivity index (χ1n) is 8.12. The van der Waals surface area contributed by atoms with Crippen LogP contribution in [0.3, 0.4) is 0 Å². The summed E-state index contributed by atoms with van der Waals surface area (Å²) in [6, 6.07) is 10.2. The lowest BCUT2D eigenvalue weighted by atomic mass is 9.91. The Bertz CT molecular complexity index is 810. The van der Waals surface area contributed by atoms with E-state index in [9.17, 15) is 0 Å². The Balaban J connectivity index is 1.73. The van der Waals surface area contributed by atoms with Gasteiger partial charge in [-0.15, -0.1) is 0 Å². The number of hydrogen-bond acceptors (Lipinski definition) is 4. The van der Waals surface area contributed by atoms with Crippen molar-refractivity contribution in [3.8, 4) is 23.0 Å². The normalized spacial score (nSPS) is 21.0. The second-order valence-electron chi connectivity index (χ2n) is 6.08. The van der Waals surface area contributed by atoms with E-state index in [0.29, 0.717) is 0 Å². The van der Waals surface area contributed by atoms with Crippen molar-refractivity contribution >= 4 is 6.08 Å². The average molecular weight is 324 g/mol. The van der Waals surface area contributed by atoms with Gasteiger partial charge >= 0.3 is 0 Å². The van der Waals surface area contributed by atoms with E-state index < -0.39 is 0 Å². The molecule has 0 bridgehead atoms. The van der Waals surface area contributed by atoms with Crippen LogP contribution >= 0.6 is 0 Å². The van der Waals surface area contributed by atoms with Crippen LogP contribution in [0, 0.1) is 0 Å². The number of allylic oxidation sites excluding steroid dienone is 1. The van der Waals surface area contributed by atoms with Crippen LogP contribution in [0.5, 0.6) is 23.0 Å². The molecule has 0 aromatic heterocycles. The van der Waals surface area contributed by atoms with Crippen molar-refractivity contribution in [3.05, 3.63) is 53.1 Å². The van der Waals surface area contributed by atoms with Crippen molar-refractivity contribution in [1.82, 2.24) is 0 Å². The Morgan fingerprint density at radius 2 is 1.96 bits per heavy atom. The zero-order valence-electron chi connectivity index (χ0n) is 14.0. The molecule has 0 saturated carbocycles. The zero-order valence-corrected chi connectivity index (χ0v) is 14.0. The van der Waals surface area contributed by atoms with Gasteiger partial charge in [-0.3, -0.25) is 0 Å². The van der Waals surface area contributed by atoms with E-state index in [1.807, 2.05) is 37.3 Å². The third-order valence-electron chi connectivity index (χ3n) is 4.60. The second kappa shape index (κ2) is 5.78. The molecular weight excluding hydrogens is 304 g/mol. The molecule has 2 aliphatic rings. The third-order valence-corrected chi connectivity index (χ3v) is 4.60. The van der Waals surface area contributed by atoms with E-state index in [-0.39, 0.29) is 18.8 Å². The van der Waals surface area contributed by atoms with Crippen molar-refractivity contribution in [1.29, 1.82) is 0 Å². The highest BCUT2D eigenvalue weighted by atomic mass is 16.7. The molecule has 0 unspecified atom stereocenters. The molecule has 2 atom stereocenters. The lowest BCUT2D eigenvalue weighted by Crippen LogP contribution is -2.07. The van der Waals surface area contributed by atoms with Crippen LogP contribution in [0.1, 0.15) is 42.6 Å². The topological polar surface area (TPSA) is 36.9 Å². The number of benzene rings is 2. The molecule has 124 valence electrons. The van der Waals surface area contributed by atoms with Crippen molar-refractivity contribution in [2.75, 3.05) is 13.9 Å². The van der Waals surface area contributed by atoms with E-state index in [2.05, 4.69) is 19.1 Å². The van der Waals surface area contributed by atoms with Gasteiger partial charge in [0, 0.05) is 11.5 Å². The van der Waals surface area contributed by atoms with Gasteiger partial charge in [0.25, 0.3) is 0 Å². The summed E-state index contributed by atoms with van der Waals surface area (Å²) in [5.74, 6) is 3.40. The van der Waals surface area contributed by atoms with Gasteiger partial charge in [-0.2, -0.15) is 0 Å². The molecule has 2 aromatic rings. The van der Waals surface area contributed by atoms with Gasteiger partial charge in [-0.05, 0) is 42.3 Å². The maximum absolute atomic E-state index is 6.27. The summed E-state index contributed by atoms with van der Waals surface area (Å²) in [6.07, 6.45) is 4.03. The van der Waals surface area contributed by atoms with E-state index >= 15 is 0 Å². The summed E-state index contributed by atoms with van der Waals surface area (Å²) in [7, 11) is 1.68. The van der Waals surface area contributed by atoms with Gasteiger partial charge in [0.2, 0.25) is 6.79 Å². The van der Waals surface area contributed by atoms with Crippen LogP contribution in [0.2, 0.25) is 0 Å². The molecule has 0 spiro atoms. The zero-order chi connectivity index (χ0) is 16.7. The largest absolute Gasteiger partial charge is 0.493 e. The maximum Gasteiger partial charge on any atom is 0.231 e. The van der Waals surface area contributed by atoms with Crippen LogP contribution in [0.15, 0.2) is 36.4 Å². The molecule has 0 radical (unpaired) electrons. The molecule has 4 rings (SSSR count). The standard InChI is InChI=1S/C20H20O4/c1-4-5-13-8-15-12(2)19(24-20(15)18(9-13)21-3)14-6-7-16-17(10-14)23-11-22-16/h4-10,12,19H,11H2,1-3H3/b5-4+/t12-,19-/m1/s1. The van der Waals surface area contributed by atoms with Gasteiger partial charge in [0.15, 0.2) is 23.0 Å². The van der Waals surface area contributed by atoms with E-state index in [1.54, 1.807) is 7.11 Å². The quantitative estimate of drug-likeness (QED) is 0.820. The fourth-order valence-corrected chi connectivity index (χ4v) is 3.39. The Morgan fingerprint density at radius 3 is 2.75 bits per heavy atom. The second-order valence-corrected chi connectivity index (χ2v) is 6.08. The smallest absolute Gasteiger partial charge is 0.231 e. The van der Waals surface area contributed by atoms with Crippen molar-refractivity contribution in [2.45, 2.75) is 25.9 Å². The SMILES string of the molecule is C/C=C/c1cc(OC)c2c(c1)[C@@H](C)[C@H](c1ccc3c(c1)OCO3)O2. The minimum Gasteiger partial charge on any atom is -0.493 e. The Kier molecular flexibility index (Phi) is 3.60. The van der Waals surface area contributed by atoms with Gasteiger partial charge in [-0.25, -0.2) is 0 Å².